The van der Waals surface area contributed by atoms with Crippen LogP contribution < -0.4 is 0 Å². The Morgan fingerprint density at radius 2 is 0.908 bits per heavy atom. The lowest BCUT2D eigenvalue weighted by atomic mass is 9.91. The van der Waals surface area contributed by atoms with Crippen molar-refractivity contribution >= 4 is 82.7 Å². The molecule has 1 aliphatic rings. The van der Waals surface area contributed by atoms with Crippen molar-refractivity contribution in [2.75, 3.05) is 0 Å². The smallest absolute Gasteiger partial charge is 0.180 e. The molecule has 6 heteroatoms. The molecule has 0 N–H and O–H groups in total. The molecular formula is C70H45N5O. The third kappa shape index (κ3) is 6.34. The highest BCUT2D eigenvalue weighted by Crippen LogP contribution is 2.50. The summed E-state index contributed by atoms with van der Waals surface area (Å²) in [5.74, 6) is 0.645. The lowest BCUT2D eigenvalue weighted by Gasteiger charge is -2.26. The Labute approximate surface area is 437 Å². The number of para-hydroxylation sites is 5. The third-order valence-electron chi connectivity index (χ3n) is 15.8. The van der Waals surface area contributed by atoms with Crippen molar-refractivity contribution in [2.45, 2.75) is 12.5 Å². The van der Waals surface area contributed by atoms with Crippen LogP contribution in [-0.4, -0.2) is 23.7 Å². The summed E-state index contributed by atoms with van der Waals surface area (Å²) in [5.41, 5.74) is 19.7. The predicted molar refractivity (Wildman–Crippen MR) is 313 cm³/mol. The highest BCUT2D eigenvalue weighted by atomic mass is 16.3. The van der Waals surface area contributed by atoms with Crippen LogP contribution in [0.1, 0.15) is 23.7 Å². The molecule has 0 saturated heterocycles. The van der Waals surface area contributed by atoms with E-state index in [2.05, 4.69) is 232 Å². The van der Waals surface area contributed by atoms with Crippen LogP contribution in [0.4, 0.5) is 0 Å². The SMILES string of the molecule is C1=Cc2c(c3cc(-n4c5ccccc5c5ccccc54)ccc3n2-c2c(-c3ccccc3)cc(-c3nc(-c4ccccc4)nc4c3oc3ccccc34)cc2-c2ccccc2)C(n2c3ccccc3c3ccccc32)C1. The van der Waals surface area contributed by atoms with E-state index in [9.17, 15) is 0 Å². The molecule has 5 heterocycles. The first-order valence-electron chi connectivity index (χ1n) is 26.1. The lowest BCUT2D eigenvalue weighted by Crippen LogP contribution is -2.14. The summed E-state index contributed by atoms with van der Waals surface area (Å²) < 4.78 is 14.4. The van der Waals surface area contributed by atoms with Crippen LogP contribution in [0.15, 0.2) is 253 Å². The third-order valence-corrected chi connectivity index (χ3v) is 15.8. The first kappa shape index (κ1) is 42.5. The van der Waals surface area contributed by atoms with Crippen molar-refractivity contribution in [3.05, 3.63) is 260 Å². The Morgan fingerprint density at radius 3 is 1.51 bits per heavy atom. The summed E-state index contributed by atoms with van der Waals surface area (Å²) in [6.07, 6.45) is 5.60. The number of hydrogen-bond acceptors (Lipinski definition) is 3. The van der Waals surface area contributed by atoms with Crippen molar-refractivity contribution in [3.63, 3.8) is 0 Å². The van der Waals surface area contributed by atoms with Crippen LogP contribution in [0.2, 0.25) is 0 Å². The van der Waals surface area contributed by atoms with Crippen molar-refractivity contribution in [3.8, 4) is 56.3 Å². The maximum absolute atomic E-state index is 6.81. The van der Waals surface area contributed by atoms with Gasteiger partial charge in [0.25, 0.3) is 0 Å². The van der Waals surface area contributed by atoms with E-state index in [0.717, 1.165) is 84.6 Å². The molecule has 0 spiro atoms. The summed E-state index contributed by atoms with van der Waals surface area (Å²) in [4.78, 5) is 10.7. The second-order valence-electron chi connectivity index (χ2n) is 20.0. The van der Waals surface area contributed by atoms with E-state index in [4.69, 9.17) is 14.4 Å². The van der Waals surface area contributed by atoms with E-state index in [1.165, 1.54) is 54.6 Å². The quantitative estimate of drug-likeness (QED) is 0.160. The number of rotatable bonds is 7. The van der Waals surface area contributed by atoms with E-state index in [0.29, 0.717) is 11.4 Å². The van der Waals surface area contributed by atoms with Crippen LogP contribution in [0, 0.1) is 0 Å². The fourth-order valence-electron chi connectivity index (χ4n) is 12.6. The molecule has 1 unspecified atom stereocenters. The van der Waals surface area contributed by atoms with Crippen LogP contribution in [0.5, 0.6) is 0 Å². The molecule has 0 amide bonds. The number of aromatic nitrogens is 5. The maximum Gasteiger partial charge on any atom is 0.180 e. The Balaban J connectivity index is 1.04. The number of fused-ring (bicyclic) bond motifs is 12. The Morgan fingerprint density at radius 1 is 0.408 bits per heavy atom. The van der Waals surface area contributed by atoms with Gasteiger partial charge >= 0.3 is 0 Å². The van der Waals surface area contributed by atoms with Crippen LogP contribution >= 0.6 is 0 Å². The molecule has 15 aromatic rings. The molecule has 76 heavy (non-hydrogen) atoms. The molecule has 0 saturated carbocycles. The zero-order chi connectivity index (χ0) is 49.8. The molecule has 0 radical (unpaired) electrons. The molecule has 1 atom stereocenters. The summed E-state index contributed by atoms with van der Waals surface area (Å²) >= 11 is 0. The monoisotopic (exact) mass is 971 g/mol. The molecule has 0 fully saturated rings. The van der Waals surface area contributed by atoms with Gasteiger partial charge in [0.05, 0.1) is 34.0 Å². The average molecular weight is 972 g/mol. The van der Waals surface area contributed by atoms with Gasteiger partial charge in [-0.2, -0.15) is 0 Å². The Hall–Kier alpha value is -10.0. The van der Waals surface area contributed by atoms with E-state index in [1.54, 1.807) is 0 Å². The topological polar surface area (TPSA) is 53.7 Å². The largest absolute Gasteiger partial charge is 0.452 e. The van der Waals surface area contributed by atoms with Gasteiger partial charge in [-0.15, -0.1) is 0 Å². The fourth-order valence-corrected chi connectivity index (χ4v) is 12.6. The summed E-state index contributed by atoms with van der Waals surface area (Å²) in [6, 6.07) is 87.4. The molecule has 6 nitrogen and oxygen atoms in total. The van der Waals surface area contributed by atoms with E-state index in [-0.39, 0.29) is 6.04 Å². The Kier molecular flexibility index (Phi) is 9.36. The molecular weight excluding hydrogens is 927 g/mol. The zero-order valence-electron chi connectivity index (χ0n) is 41.2. The second kappa shape index (κ2) is 16.7. The van der Waals surface area contributed by atoms with Gasteiger partial charge in [0, 0.05) is 76.9 Å². The van der Waals surface area contributed by atoms with Gasteiger partial charge in [-0.25, -0.2) is 9.97 Å². The number of nitrogens with zero attached hydrogens (tertiary/aromatic N) is 5. The molecule has 10 aromatic carbocycles. The van der Waals surface area contributed by atoms with Gasteiger partial charge in [0.1, 0.15) is 16.8 Å². The average Bonchev–Trinajstić information content (AvgIpc) is 4.24. The molecule has 0 aliphatic heterocycles. The van der Waals surface area contributed by atoms with Gasteiger partial charge < -0.3 is 18.1 Å². The minimum absolute atomic E-state index is 0.0274. The van der Waals surface area contributed by atoms with Crippen LogP contribution in [-0.2, 0) is 0 Å². The van der Waals surface area contributed by atoms with Gasteiger partial charge in [0.2, 0.25) is 0 Å². The molecule has 1 aliphatic carbocycles. The normalized spacial score (nSPS) is 13.6. The summed E-state index contributed by atoms with van der Waals surface area (Å²) in [5, 5.41) is 7.16. The van der Waals surface area contributed by atoms with Crippen molar-refractivity contribution in [1.82, 2.24) is 23.7 Å². The first-order valence-corrected chi connectivity index (χ1v) is 26.1. The van der Waals surface area contributed by atoms with Gasteiger partial charge in [-0.05, 0) is 90.4 Å². The standard InChI is InChI=1S/C70H45N5O/c1-4-21-44(22-5-1)54-41-47(66-69-67(53-31-14-19-38-64(53)76-69)72-70(71-66)46-25-8-3-9-26-46)42-55(45-23-6-2-7-24-45)68(54)75-61-40-39-48(73-57-32-15-10-27-49(57)50-28-11-16-33-58(50)73)43-56(61)65-62(36-20-37-63(65)75)74-59-34-17-12-29-51(59)52-30-13-18-35-60(52)74/h1-35,37-43,62H,36H2. The minimum Gasteiger partial charge on any atom is -0.452 e. The highest BCUT2D eigenvalue weighted by molar-refractivity contribution is 6.12. The van der Waals surface area contributed by atoms with Gasteiger partial charge in [-0.1, -0.05) is 182 Å². The molecule has 5 aromatic heterocycles. The summed E-state index contributed by atoms with van der Waals surface area (Å²) in [6.45, 7) is 0. The number of allylic oxidation sites excluding steroid dienone is 1. The number of hydrogen-bond donors (Lipinski definition) is 0. The fraction of sp³-hybridized carbons (Fsp3) is 0.0286. The molecule has 16 rings (SSSR count). The number of furan rings is 1. The van der Waals surface area contributed by atoms with E-state index >= 15 is 0 Å². The second-order valence-corrected chi connectivity index (χ2v) is 20.0. The van der Waals surface area contributed by atoms with Gasteiger partial charge in [0.15, 0.2) is 11.4 Å². The minimum atomic E-state index is -0.0274. The van der Waals surface area contributed by atoms with Crippen LogP contribution in [0.25, 0.3) is 139 Å². The van der Waals surface area contributed by atoms with Crippen molar-refractivity contribution < 1.29 is 4.42 Å². The summed E-state index contributed by atoms with van der Waals surface area (Å²) in [7, 11) is 0. The molecule has 356 valence electrons. The van der Waals surface area contributed by atoms with Crippen molar-refractivity contribution in [1.29, 1.82) is 0 Å². The first-order chi connectivity index (χ1) is 37.7. The maximum atomic E-state index is 6.81. The van der Waals surface area contributed by atoms with Crippen LogP contribution in [0.3, 0.4) is 0 Å². The molecule has 0 bridgehead atoms. The van der Waals surface area contributed by atoms with E-state index in [1.807, 2.05) is 36.4 Å². The Bertz CT molecular complexity index is 4680. The lowest BCUT2D eigenvalue weighted by molar-refractivity contribution is 0.628. The predicted octanol–water partition coefficient (Wildman–Crippen LogP) is 18.2. The van der Waals surface area contributed by atoms with Gasteiger partial charge in [-0.3, -0.25) is 0 Å². The zero-order valence-corrected chi connectivity index (χ0v) is 41.2. The van der Waals surface area contributed by atoms with Crippen molar-refractivity contribution in [2.24, 2.45) is 0 Å². The van der Waals surface area contributed by atoms with E-state index < -0.39 is 0 Å². The highest BCUT2D eigenvalue weighted by Gasteiger charge is 2.32. The number of benzene rings is 10.